The Hall–Kier alpha value is 0.390. The summed E-state index contributed by atoms with van der Waals surface area (Å²) in [6.07, 6.45) is -10.1. The van der Waals surface area contributed by atoms with Crippen LogP contribution in [0.25, 0.3) is 0 Å². The van der Waals surface area contributed by atoms with Crippen molar-refractivity contribution in [1.29, 1.82) is 0 Å². The van der Waals surface area contributed by atoms with Crippen molar-refractivity contribution < 1.29 is 13.7 Å². The summed E-state index contributed by atoms with van der Waals surface area (Å²) in [4.78, 5) is 4.12. The van der Waals surface area contributed by atoms with Crippen LogP contribution in [0.15, 0.2) is 8.39 Å². The highest BCUT2D eigenvalue weighted by molar-refractivity contribution is 9.13. The van der Waals surface area contributed by atoms with E-state index >= 15 is 0 Å². The van der Waals surface area contributed by atoms with Gasteiger partial charge in [0.1, 0.15) is 8.39 Å². The van der Waals surface area contributed by atoms with Crippen LogP contribution in [-0.2, 0) is 0 Å². The molecule has 1 aromatic heterocycles. The molecule has 2 nitrogen and oxygen atoms in total. The molecule has 2 rings (SSSR count). The molecule has 5 heteroatoms. The third kappa shape index (κ3) is 2.25. The number of hydrogen-bond acceptors (Lipinski definition) is 3. The molecule has 0 aromatic carbocycles. The maximum Gasteiger partial charge on any atom is 0.187 e. The van der Waals surface area contributed by atoms with Gasteiger partial charge in [-0.15, -0.1) is 0 Å². The number of halogens is 2. The van der Waals surface area contributed by atoms with Crippen LogP contribution in [0.2, 0.25) is 0 Å². The van der Waals surface area contributed by atoms with Gasteiger partial charge in [0.2, 0.25) is 0 Å². The minimum absolute atomic E-state index is 0.221. The van der Waals surface area contributed by atoms with Crippen LogP contribution in [0.1, 0.15) is 32.8 Å². The first-order valence-corrected chi connectivity index (χ1v) is 5.56. The van der Waals surface area contributed by atoms with Gasteiger partial charge >= 0.3 is 0 Å². The average molecular weight is 336 g/mol. The molecule has 0 aliphatic carbocycles. The molecule has 1 aliphatic heterocycles. The summed E-state index contributed by atoms with van der Waals surface area (Å²) in [6, 6.07) is 0. The number of hydrogen-bond donors (Lipinski definition) is 0. The van der Waals surface area contributed by atoms with E-state index in [1.165, 1.54) is 0 Å². The van der Waals surface area contributed by atoms with Gasteiger partial charge in [0.15, 0.2) is 5.13 Å². The highest BCUT2D eigenvalue weighted by Gasteiger charge is 2.15. The van der Waals surface area contributed by atoms with E-state index in [1.54, 1.807) is 0 Å². The number of thiazole rings is 1. The normalized spacial score (nSPS) is 48.6. The predicted molar refractivity (Wildman–Crippen MR) is 63.6 cm³/mol. The zero-order valence-electron chi connectivity index (χ0n) is 16.1. The van der Waals surface area contributed by atoms with Gasteiger partial charge in [0, 0.05) is 26.7 Å². The van der Waals surface area contributed by atoms with Crippen LogP contribution < -0.4 is 4.90 Å². The first kappa shape index (κ1) is 3.46. The monoisotopic (exact) mass is 334 g/mol. The van der Waals surface area contributed by atoms with Crippen LogP contribution in [-0.4, -0.2) is 18.0 Å². The van der Waals surface area contributed by atoms with Crippen molar-refractivity contribution in [2.45, 2.75) is 19.1 Å². The average Bonchev–Trinajstić information content (AvgIpc) is 2.66. The lowest BCUT2D eigenvalue weighted by atomic mass is 10.1. The zero-order chi connectivity index (χ0) is 18.2. The summed E-state index contributed by atoms with van der Waals surface area (Å²) in [5.74, 6) is 0. The minimum Gasteiger partial charge on any atom is -0.348 e. The number of aromatic nitrogens is 1. The van der Waals surface area contributed by atoms with Gasteiger partial charge in [-0.2, -0.15) is 0 Å². The Kier molecular flexibility index (Phi) is 1.14. The topological polar surface area (TPSA) is 16.1 Å². The fourth-order valence-electron chi connectivity index (χ4n) is 0.691. The predicted octanol–water partition coefficient (Wildman–Crippen LogP) is 3.66. The highest BCUT2D eigenvalue weighted by Crippen LogP contribution is 2.35. The molecule has 0 N–H and O–H groups in total. The van der Waals surface area contributed by atoms with Gasteiger partial charge in [-0.1, -0.05) is 11.3 Å². The van der Waals surface area contributed by atoms with Crippen LogP contribution in [0, 0.1) is 0 Å². The Labute approximate surface area is 113 Å². The second kappa shape index (κ2) is 4.28. The largest absolute Gasteiger partial charge is 0.348 e. The van der Waals surface area contributed by atoms with Crippen LogP contribution in [0.4, 0.5) is 5.13 Å². The summed E-state index contributed by atoms with van der Waals surface area (Å²) in [7, 11) is 0. The van der Waals surface area contributed by atoms with Crippen molar-refractivity contribution in [3.8, 4) is 0 Å². The Morgan fingerprint density at radius 3 is 2.54 bits per heavy atom. The first-order valence-electron chi connectivity index (χ1n) is 8.15. The van der Waals surface area contributed by atoms with E-state index in [0.717, 1.165) is 11.3 Å². The Balaban J connectivity index is 2.79. The Morgan fingerprint density at radius 1 is 1.31 bits per heavy atom. The standard InChI is InChI=1S/C8H10Br2N2S/c9-6-7(10)13-8(11-6)12-4-2-1-3-5-12/h1-5H2/i1D2,2D2,3D2,4D2,5D2. The van der Waals surface area contributed by atoms with Gasteiger partial charge in [0.25, 0.3) is 0 Å². The molecule has 0 saturated carbocycles. The second-order valence-corrected chi connectivity index (χ2v) is 5.04. The van der Waals surface area contributed by atoms with Crippen molar-refractivity contribution >= 4 is 48.3 Å². The summed E-state index contributed by atoms with van der Waals surface area (Å²) >= 11 is 6.95. The van der Waals surface area contributed by atoms with Crippen molar-refractivity contribution in [1.82, 2.24) is 4.98 Å². The second-order valence-electron chi connectivity index (χ2n) is 1.99. The molecule has 0 unspecified atom stereocenters. The van der Waals surface area contributed by atoms with Gasteiger partial charge in [-0.3, -0.25) is 0 Å². The molecular formula is C8H10Br2N2S. The lowest BCUT2D eigenvalue weighted by molar-refractivity contribution is 0.577. The number of piperidine rings is 1. The first-order chi connectivity index (χ1) is 10.0. The molecule has 13 heavy (non-hydrogen) atoms. The van der Waals surface area contributed by atoms with Crippen molar-refractivity contribution in [2.24, 2.45) is 0 Å². The van der Waals surface area contributed by atoms with E-state index in [4.69, 9.17) is 13.7 Å². The fourth-order valence-corrected chi connectivity index (χ4v) is 2.35. The number of anilines is 1. The smallest absolute Gasteiger partial charge is 0.187 e. The Bertz CT molecular complexity index is 595. The minimum atomic E-state index is -3.42. The van der Waals surface area contributed by atoms with Crippen molar-refractivity contribution in [3.63, 3.8) is 0 Å². The van der Waals surface area contributed by atoms with E-state index < -0.39 is 32.1 Å². The molecule has 0 spiro atoms. The molecule has 2 heterocycles. The summed E-state index contributed by atoms with van der Waals surface area (Å²) in [6.45, 7) is -6.38. The molecule has 1 saturated heterocycles. The molecule has 1 aromatic rings. The maximum absolute atomic E-state index is 8.00. The Morgan fingerprint density at radius 2 is 2.00 bits per heavy atom. The maximum atomic E-state index is 8.00. The van der Waals surface area contributed by atoms with Crippen molar-refractivity contribution in [3.05, 3.63) is 8.39 Å². The summed E-state index contributed by atoms with van der Waals surface area (Å²) in [5.41, 5.74) is 0. The molecule has 0 amide bonds. The molecular weight excluding hydrogens is 316 g/mol. The SMILES string of the molecule is [2H]C1([2H])N(c2nc(Br)c(Br)s2)C([2H])([2H])C([2H])([2H])C([2H])([2H])C1([2H])[2H]. The van der Waals surface area contributed by atoms with Crippen LogP contribution >= 0.6 is 43.2 Å². The third-order valence-corrected chi connectivity index (χ3v) is 4.25. The number of nitrogens with zero attached hydrogens (tertiary/aromatic N) is 2. The molecule has 72 valence electrons. The van der Waals surface area contributed by atoms with E-state index in [0.29, 0.717) is 3.79 Å². The molecule has 1 aliphatic rings. The van der Waals surface area contributed by atoms with Gasteiger partial charge in [-0.25, -0.2) is 4.98 Å². The lowest BCUT2D eigenvalue weighted by Gasteiger charge is -2.25. The third-order valence-electron chi connectivity index (χ3n) is 1.19. The summed E-state index contributed by atoms with van der Waals surface area (Å²) in [5, 5.41) is -0.318. The van der Waals surface area contributed by atoms with E-state index in [-0.39, 0.29) is 14.6 Å². The van der Waals surface area contributed by atoms with Crippen LogP contribution in [0.3, 0.4) is 0 Å². The molecule has 0 radical (unpaired) electrons. The molecule has 0 bridgehead atoms. The van der Waals surface area contributed by atoms with Gasteiger partial charge < -0.3 is 4.90 Å². The quantitative estimate of drug-likeness (QED) is 0.778. The van der Waals surface area contributed by atoms with Crippen molar-refractivity contribution in [2.75, 3.05) is 17.9 Å². The summed E-state index contributed by atoms with van der Waals surface area (Å²) < 4.78 is 79.3. The lowest BCUT2D eigenvalue weighted by Crippen LogP contribution is -2.29. The number of rotatable bonds is 1. The van der Waals surface area contributed by atoms with E-state index in [9.17, 15) is 0 Å². The van der Waals surface area contributed by atoms with E-state index in [2.05, 4.69) is 36.8 Å². The van der Waals surface area contributed by atoms with Gasteiger partial charge in [0.05, 0.1) is 0 Å². The highest BCUT2D eigenvalue weighted by atomic mass is 79.9. The molecule has 1 fully saturated rings. The van der Waals surface area contributed by atoms with E-state index in [1.807, 2.05) is 0 Å². The van der Waals surface area contributed by atoms with Crippen LogP contribution in [0.5, 0.6) is 0 Å². The zero-order valence-corrected chi connectivity index (χ0v) is 10.0. The fraction of sp³-hybridized carbons (Fsp3) is 0.625. The van der Waals surface area contributed by atoms with Gasteiger partial charge in [-0.05, 0) is 51.0 Å². The molecule has 0 atom stereocenters.